The van der Waals surface area contributed by atoms with Crippen molar-refractivity contribution in [2.24, 2.45) is 0 Å². The number of fused-ring (bicyclic) bond motifs is 1. The van der Waals surface area contributed by atoms with Gasteiger partial charge in [0.05, 0.1) is 28.0 Å². The van der Waals surface area contributed by atoms with Crippen molar-refractivity contribution in [1.29, 1.82) is 0 Å². The summed E-state index contributed by atoms with van der Waals surface area (Å²) in [4.78, 5) is 4.39. The van der Waals surface area contributed by atoms with Gasteiger partial charge in [0.15, 0.2) is 0 Å². The molecule has 0 bridgehead atoms. The zero-order valence-electron chi connectivity index (χ0n) is 11.8. The third kappa shape index (κ3) is 2.82. The maximum atomic E-state index is 6.30. The summed E-state index contributed by atoms with van der Waals surface area (Å²) >= 11 is 7.91. The van der Waals surface area contributed by atoms with Crippen molar-refractivity contribution in [3.05, 3.63) is 52.0 Å². The van der Waals surface area contributed by atoms with Gasteiger partial charge in [-0.1, -0.05) is 29.3 Å². The molecule has 2 aromatic carbocycles. The largest absolute Gasteiger partial charge is 0.496 e. The maximum Gasteiger partial charge on any atom is 0.123 e. The van der Waals surface area contributed by atoms with E-state index in [2.05, 4.69) is 23.3 Å². The Hall–Kier alpha value is -1.78. The minimum absolute atomic E-state index is 0.640. The van der Waals surface area contributed by atoms with E-state index < -0.39 is 0 Å². The van der Waals surface area contributed by atoms with E-state index in [1.807, 2.05) is 29.8 Å². The molecule has 108 valence electrons. The van der Waals surface area contributed by atoms with E-state index >= 15 is 0 Å². The van der Waals surface area contributed by atoms with Gasteiger partial charge in [0.1, 0.15) is 11.3 Å². The molecule has 1 heterocycles. The van der Waals surface area contributed by atoms with Crippen LogP contribution < -0.4 is 10.1 Å². The summed E-state index contributed by atoms with van der Waals surface area (Å²) in [5.74, 6) is 0.870. The Morgan fingerprint density at radius 1 is 1.29 bits per heavy atom. The maximum absolute atomic E-state index is 6.30. The number of aryl methyl sites for hydroxylation is 1. The van der Waals surface area contributed by atoms with Crippen LogP contribution in [0.1, 0.15) is 11.1 Å². The number of benzene rings is 2. The molecule has 3 rings (SSSR count). The molecule has 0 aliphatic rings. The second-order valence-corrected chi connectivity index (χ2v) is 6.08. The van der Waals surface area contributed by atoms with Gasteiger partial charge in [-0.25, -0.2) is 4.98 Å². The monoisotopic (exact) mass is 318 g/mol. The van der Waals surface area contributed by atoms with Crippen LogP contribution in [0.15, 0.2) is 35.8 Å². The van der Waals surface area contributed by atoms with Crippen molar-refractivity contribution in [3.8, 4) is 5.75 Å². The van der Waals surface area contributed by atoms with Crippen molar-refractivity contribution in [1.82, 2.24) is 4.98 Å². The molecule has 0 atom stereocenters. The molecule has 5 heteroatoms. The van der Waals surface area contributed by atoms with Crippen LogP contribution >= 0.6 is 22.9 Å². The summed E-state index contributed by atoms with van der Waals surface area (Å²) in [6, 6.07) is 10.0. The molecule has 0 fully saturated rings. The van der Waals surface area contributed by atoms with Crippen LogP contribution in [0.2, 0.25) is 5.02 Å². The zero-order valence-corrected chi connectivity index (χ0v) is 13.4. The van der Waals surface area contributed by atoms with E-state index in [1.165, 1.54) is 5.56 Å². The highest BCUT2D eigenvalue weighted by Gasteiger charge is 2.10. The first-order valence-electron chi connectivity index (χ1n) is 6.58. The Morgan fingerprint density at radius 2 is 2.14 bits per heavy atom. The average Bonchev–Trinajstić information content (AvgIpc) is 2.95. The van der Waals surface area contributed by atoms with Crippen LogP contribution in [0.5, 0.6) is 5.75 Å². The Labute approximate surface area is 132 Å². The molecule has 0 amide bonds. The molecular weight excluding hydrogens is 304 g/mol. The number of hydrogen-bond acceptors (Lipinski definition) is 4. The standard InChI is InChI=1S/C16H15ClN2OS/c1-10-3-5-13(20-2)11(7-10)8-18-15-12(17)4-6-14-16(15)19-9-21-14/h3-7,9,18H,8H2,1-2H3. The number of ether oxygens (including phenoxy) is 1. The van der Waals surface area contributed by atoms with Crippen LogP contribution in [0, 0.1) is 6.92 Å². The van der Waals surface area contributed by atoms with Crippen molar-refractivity contribution in [2.75, 3.05) is 12.4 Å². The summed E-state index contributed by atoms with van der Waals surface area (Å²) in [6.45, 7) is 2.71. The summed E-state index contributed by atoms with van der Waals surface area (Å²) in [5.41, 5.74) is 5.92. The van der Waals surface area contributed by atoms with Gasteiger partial charge < -0.3 is 10.1 Å². The van der Waals surface area contributed by atoms with Crippen LogP contribution in [-0.2, 0) is 6.54 Å². The van der Waals surface area contributed by atoms with E-state index in [4.69, 9.17) is 16.3 Å². The van der Waals surface area contributed by atoms with Gasteiger partial charge in [-0.2, -0.15) is 0 Å². The second-order valence-electron chi connectivity index (χ2n) is 4.79. The van der Waals surface area contributed by atoms with Gasteiger partial charge in [0.2, 0.25) is 0 Å². The summed E-state index contributed by atoms with van der Waals surface area (Å²) < 4.78 is 6.53. The van der Waals surface area contributed by atoms with Crippen LogP contribution in [-0.4, -0.2) is 12.1 Å². The van der Waals surface area contributed by atoms with E-state index in [0.717, 1.165) is 27.2 Å². The molecule has 3 aromatic rings. The van der Waals surface area contributed by atoms with Crippen LogP contribution in [0.4, 0.5) is 5.69 Å². The number of halogens is 1. The Kier molecular flexibility index (Phi) is 3.99. The number of hydrogen-bond donors (Lipinski definition) is 1. The first kappa shape index (κ1) is 14.2. The molecule has 0 unspecified atom stereocenters. The van der Waals surface area contributed by atoms with Gasteiger partial charge in [0.25, 0.3) is 0 Å². The third-order valence-corrected chi connectivity index (χ3v) is 4.45. The van der Waals surface area contributed by atoms with Gasteiger partial charge in [-0.15, -0.1) is 11.3 Å². The number of rotatable bonds is 4. The highest BCUT2D eigenvalue weighted by Crippen LogP contribution is 2.33. The van der Waals surface area contributed by atoms with E-state index in [1.54, 1.807) is 18.4 Å². The molecule has 0 aliphatic heterocycles. The highest BCUT2D eigenvalue weighted by molar-refractivity contribution is 7.16. The lowest BCUT2D eigenvalue weighted by Crippen LogP contribution is -2.03. The number of anilines is 1. The number of aromatic nitrogens is 1. The molecule has 3 nitrogen and oxygen atoms in total. The Balaban J connectivity index is 1.92. The summed E-state index contributed by atoms with van der Waals surface area (Å²) in [7, 11) is 1.68. The SMILES string of the molecule is COc1ccc(C)cc1CNc1c(Cl)ccc2scnc12. The smallest absolute Gasteiger partial charge is 0.123 e. The lowest BCUT2D eigenvalue weighted by molar-refractivity contribution is 0.410. The molecule has 21 heavy (non-hydrogen) atoms. The number of thiazole rings is 1. The van der Waals surface area contributed by atoms with Gasteiger partial charge in [0, 0.05) is 12.1 Å². The molecule has 0 aliphatic carbocycles. The van der Waals surface area contributed by atoms with Gasteiger partial charge in [-0.3, -0.25) is 0 Å². The molecule has 0 spiro atoms. The Morgan fingerprint density at radius 3 is 2.95 bits per heavy atom. The van der Waals surface area contributed by atoms with Crippen molar-refractivity contribution in [2.45, 2.75) is 13.5 Å². The first-order chi connectivity index (χ1) is 10.2. The van der Waals surface area contributed by atoms with E-state index in [-0.39, 0.29) is 0 Å². The van der Waals surface area contributed by atoms with Crippen LogP contribution in [0.25, 0.3) is 10.2 Å². The highest BCUT2D eigenvalue weighted by atomic mass is 35.5. The third-order valence-electron chi connectivity index (χ3n) is 3.34. The van der Waals surface area contributed by atoms with Gasteiger partial charge in [-0.05, 0) is 25.1 Å². The summed E-state index contributed by atoms with van der Waals surface area (Å²) in [6.07, 6.45) is 0. The lowest BCUT2D eigenvalue weighted by Gasteiger charge is -2.13. The fourth-order valence-electron chi connectivity index (χ4n) is 2.30. The lowest BCUT2D eigenvalue weighted by atomic mass is 10.1. The fraction of sp³-hybridized carbons (Fsp3) is 0.188. The molecule has 0 saturated heterocycles. The normalized spacial score (nSPS) is 10.8. The van der Waals surface area contributed by atoms with Gasteiger partial charge >= 0.3 is 0 Å². The topological polar surface area (TPSA) is 34.1 Å². The van der Waals surface area contributed by atoms with E-state index in [9.17, 15) is 0 Å². The minimum atomic E-state index is 0.640. The number of nitrogens with zero attached hydrogens (tertiary/aromatic N) is 1. The fourth-order valence-corrected chi connectivity index (χ4v) is 3.21. The zero-order chi connectivity index (χ0) is 14.8. The van der Waals surface area contributed by atoms with Crippen molar-refractivity contribution < 1.29 is 4.74 Å². The number of nitrogens with one attached hydrogen (secondary N) is 1. The predicted molar refractivity (Wildman–Crippen MR) is 89.7 cm³/mol. The second kappa shape index (κ2) is 5.92. The predicted octanol–water partition coefficient (Wildman–Crippen LogP) is 4.88. The van der Waals surface area contributed by atoms with Crippen molar-refractivity contribution >= 4 is 38.8 Å². The quantitative estimate of drug-likeness (QED) is 0.744. The molecular formula is C16H15ClN2OS. The molecule has 0 saturated carbocycles. The van der Waals surface area contributed by atoms with E-state index in [0.29, 0.717) is 11.6 Å². The molecule has 1 N–H and O–H groups in total. The summed E-state index contributed by atoms with van der Waals surface area (Å²) in [5, 5.41) is 4.07. The molecule has 1 aromatic heterocycles. The van der Waals surface area contributed by atoms with Crippen LogP contribution in [0.3, 0.4) is 0 Å². The minimum Gasteiger partial charge on any atom is -0.496 e. The average molecular weight is 319 g/mol. The molecule has 0 radical (unpaired) electrons. The number of methoxy groups -OCH3 is 1. The Bertz CT molecular complexity index is 785. The first-order valence-corrected chi connectivity index (χ1v) is 7.84. The van der Waals surface area contributed by atoms with Crippen molar-refractivity contribution in [3.63, 3.8) is 0 Å².